The third-order valence-corrected chi connectivity index (χ3v) is 15.6. The number of hydrogen-bond acceptors (Lipinski definition) is 0. The predicted molar refractivity (Wildman–Crippen MR) is 233 cm³/mol. The highest BCUT2D eigenvalue weighted by Gasteiger charge is 2.42. The first-order valence-corrected chi connectivity index (χ1v) is 22.0. The average Bonchev–Trinajstić information content (AvgIpc) is 3.28. The summed E-state index contributed by atoms with van der Waals surface area (Å²) in [7, 11) is 0. The van der Waals surface area contributed by atoms with Gasteiger partial charge in [-0.05, 0) is 166 Å². The molecule has 0 bridgehead atoms. The molecule has 276 valence electrons. The van der Waals surface area contributed by atoms with Gasteiger partial charge >= 0.3 is 0 Å². The van der Waals surface area contributed by atoms with Crippen molar-refractivity contribution in [2.45, 2.75) is 64.2 Å². The Hall–Kier alpha value is -4.94. The molecule has 56 heavy (non-hydrogen) atoms. The van der Waals surface area contributed by atoms with E-state index in [1.807, 2.05) is 0 Å². The van der Waals surface area contributed by atoms with Gasteiger partial charge in [0.2, 0.25) is 0 Å². The average molecular weight is 725 g/mol. The van der Waals surface area contributed by atoms with Crippen LogP contribution in [0.1, 0.15) is 64.2 Å². The molecule has 0 fully saturated rings. The Morgan fingerprint density at radius 3 is 1.80 bits per heavy atom. The molecule has 12 aliphatic carbocycles. The lowest BCUT2D eigenvalue weighted by Crippen LogP contribution is -2.33. The van der Waals surface area contributed by atoms with Crippen LogP contribution in [0, 0.1) is 47.3 Å². The van der Waals surface area contributed by atoms with Gasteiger partial charge in [-0.1, -0.05) is 146 Å². The fourth-order valence-corrected chi connectivity index (χ4v) is 12.7. The number of allylic oxidation sites excluding steroid dienone is 38. The van der Waals surface area contributed by atoms with Gasteiger partial charge in [-0.2, -0.15) is 0 Å². The lowest BCUT2D eigenvalue weighted by atomic mass is 9.59. The van der Waals surface area contributed by atoms with Crippen LogP contribution in [0.3, 0.4) is 0 Å². The summed E-state index contributed by atoms with van der Waals surface area (Å²) in [6, 6.07) is 0. The van der Waals surface area contributed by atoms with E-state index in [4.69, 9.17) is 0 Å². The van der Waals surface area contributed by atoms with Crippen molar-refractivity contribution < 1.29 is 0 Å². The van der Waals surface area contributed by atoms with Crippen molar-refractivity contribution in [1.82, 2.24) is 0 Å². The minimum atomic E-state index is 0.481. The molecule has 0 aromatic carbocycles. The first-order valence-electron chi connectivity index (χ1n) is 22.0. The molecule has 0 radical (unpaired) electrons. The molecule has 0 aliphatic heterocycles. The molecule has 0 aromatic heterocycles. The number of rotatable bonds is 3. The second-order valence-corrected chi connectivity index (χ2v) is 18.3. The van der Waals surface area contributed by atoms with Gasteiger partial charge in [0.25, 0.3) is 0 Å². The Morgan fingerprint density at radius 2 is 0.964 bits per heavy atom. The van der Waals surface area contributed by atoms with Crippen LogP contribution in [-0.4, -0.2) is 0 Å². The molecule has 8 unspecified atom stereocenters. The van der Waals surface area contributed by atoms with E-state index >= 15 is 0 Å². The van der Waals surface area contributed by atoms with Gasteiger partial charge in [-0.15, -0.1) is 0 Å². The molecule has 8 atom stereocenters. The van der Waals surface area contributed by atoms with E-state index in [1.165, 1.54) is 63.4 Å². The Morgan fingerprint density at radius 1 is 0.375 bits per heavy atom. The molecule has 0 spiro atoms. The second-order valence-electron chi connectivity index (χ2n) is 18.3. The van der Waals surface area contributed by atoms with E-state index in [2.05, 4.69) is 146 Å². The van der Waals surface area contributed by atoms with Crippen molar-refractivity contribution in [2.24, 2.45) is 47.3 Å². The van der Waals surface area contributed by atoms with Crippen LogP contribution in [0.25, 0.3) is 0 Å². The molecule has 0 nitrogen and oxygen atoms in total. The number of hydrogen-bond donors (Lipinski definition) is 0. The van der Waals surface area contributed by atoms with Crippen LogP contribution < -0.4 is 0 Å². The van der Waals surface area contributed by atoms with E-state index in [0.29, 0.717) is 47.3 Å². The van der Waals surface area contributed by atoms with Gasteiger partial charge in [0.15, 0.2) is 0 Å². The maximum atomic E-state index is 2.66. The monoisotopic (exact) mass is 724 g/mol. The van der Waals surface area contributed by atoms with Crippen LogP contribution in [-0.2, 0) is 0 Å². The highest BCUT2D eigenvalue weighted by atomic mass is 14.5. The van der Waals surface area contributed by atoms with Crippen LogP contribution in [0.2, 0.25) is 0 Å². The summed E-state index contributed by atoms with van der Waals surface area (Å²) < 4.78 is 0. The molecule has 0 amide bonds. The quantitative estimate of drug-likeness (QED) is 0.272. The Balaban J connectivity index is 0.819. The van der Waals surface area contributed by atoms with Crippen molar-refractivity contribution in [3.8, 4) is 0 Å². The van der Waals surface area contributed by atoms with E-state index in [9.17, 15) is 0 Å². The Bertz CT molecular complexity index is 2430. The van der Waals surface area contributed by atoms with Gasteiger partial charge in [-0.3, -0.25) is 0 Å². The molecule has 0 heteroatoms. The lowest BCUT2D eigenvalue weighted by Gasteiger charge is -2.45. The zero-order valence-electron chi connectivity index (χ0n) is 32.5. The minimum absolute atomic E-state index is 0.481. The summed E-state index contributed by atoms with van der Waals surface area (Å²) in [5, 5.41) is 0. The highest BCUT2D eigenvalue weighted by Crippen LogP contribution is 2.55. The summed E-state index contributed by atoms with van der Waals surface area (Å²) in [5.41, 5.74) is 22.4. The third kappa shape index (κ3) is 5.46. The topological polar surface area (TPSA) is 0 Å². The summed E-state index contributed by atoms with van der Waals surface area (Å²) in [4.78, 5) is 0. The SMILES string of the molecule is C1=CC2C=CC3=C(C=C(C4=CC5=C(C=C(C6=CC=C7C8=C(C=C(C9=CC=C%10C=CC%11C=CC=CC%11C%10C9)CC8)C8C=CC=CC8C7C6)CC5)CC4)CC3)C2C=C1. The molecule has 0 heterocycles. The molecular weight excluding hydrogens is 673 g/mol. The first kappa shape index (κ1) is 33.2. The van der Waals surface area contributed by atoms with Crippen molar-refractivity contribution in [2.75, 3.05) is 0 Å². The van der Waals surface area contributed by atoms with E-state index in [-0.39, 0.29) is 0 Å². The zero-order chi connectivity index (χ0) is 36.7. The van der Waals surface area contributed by atoms with Crippen LogP contribution >= 0.6 is 0 Å². The first-order chi connectivity index (χ1) is 27.7. The van der Waals surface area contributed by atoms with Crippen molar-refractivity contribution in [3.05, 3.63) is 224 Å². The minimum Gasteiger partial charge on any atom is -0.0799 e. The summed E-state index contributed by atoms with van der Waals surface area (Å²) in [6.07, 6.45) is 70.3. The fourth-order valence-electron chi connectivity index (χ4n) is 12.7. The third-order valence-electron chi connectivity index (χ3n) is 15.6. The van der Waals surface area contributed by atoms with Gasteiger partial charge in [0.05, 0.1) is 0 Å². The highest BCUT2D eigenvalue weighted by molar-refractivity contribution is 5.61. The molecule has 0 saturated heterocycles. The van der Waals surface area contributed by atoms with Gasteiger partial charge < -0.3 is 0 Å². The Kier molecular flexibility index (Phi) is 7.91. The summed E-state index contributed by atoms with van der Waals surface area (Å²) >= 11 is 0. The normalized spacial score (nSPS) is 35.6. The van der Waals surface area contributed by atoms with Crippen molar-refractivity contribution >= 4 is 0 Å². The van der Waals surface area contributed by atoms with Gasteiger partial charge in [0, 0.05) is 23.7 Å². The van der Waals surface area contributed by atoms with Gasteiger partial charge in [0.1, 0.15) is 0 Å². The lowest BCUT2D eigenvalue weighted by molar-refractivity contribution is 0.364. The van der Waals surface area contributed by atoms with Crippen LogP contribution in [0.4, 0.5) is 0 Å². The molecule has 12 aliphatic rings. The predicted octanol–water partition coefficient (Wildman–Crippen LogP) is 13.7. The number of fused-ring (bicyclic) bond motifs is 10. The maximum absolute atomic E-state index is 2.66. The summed E-state index contributed by atoms with van der Waals surface area (Å²) in [5.74, 6) is 4.36. The molecule has 0 aromatic rings. The van der Waals surface area contributed by atoms with Crippen LogP contribution in [0.15, 0.2) is 224 Å². The molecule has 0 N–H and O–H groups in total. The summed E-state index contributed by atoms with van der Waals surface area (Å²) in [6.45, 7) is 0. The van der Waals surface area contributed by atoms with E-state index in [1.54, 1.807) is 72.5 Å². The largest absolute Gasteiger partial charge is 0.0799 e. The fraction of sp³-hybridized carbons (Fsp3) is 0.321. The van der Waals surface area contributed by atoms with Crippen molar-refractivity contribution in [1.29, 1.82) is 0 Å². The zero-order valence-corrected chi connectivity index (χ0v) is 32.5. The van der Waals surface area contributed by atoms with Crippen molar-refractivity contribution in [3.63, 3.8) is 0 Å². The molecule has 12 rings (SSSR count). The van der Waals surface area contributed by atoms with Gasteiger partial charge in [-0.25, -0.2) is 0 Å². The standard InChI is InChI=1S/C56H52/c1-3-9-47-35(7-1)13-15-37-17-19-43(31-53(37)47)41-23-21-40-30-42(24-22-39(40)29-41)45-25-27-51-52-28-26-46(34-56(52)50-12-6-5-11-49(50)55(51)33-45)44-20-18-38-16-14-36-8-2-4-10-48(36)54(38)32-44/h1-16,18,20,25,27,29-31,34-36,47-50,54-55H,17,19,21-24,26,28,32-33H2. The van der Waals surface area contributed by atoms with Crippen LogP contribution in [0.5, 0.6) is 0 Å². The molecule has 0 saturated carbocycles. The maximum Gasteiger partial charge on any atom is 0.0122 e. The molecular formula is C56H52. The Labute approximate surface area is 334 Å². The smallest absolute Gasteiger partial charge is 0.0122 e. The second kappa shape index (κ2) is 13.3. The van der Waals surface area contributed by atoms with E-state index < -0.39 is 0 Å². The van der Waals surface area contributed by atoms with E-state index in [0.717, 1.165) is 6.42 Å².